The lowest BCUT2D eigenvalue weighted by atomic mass is 10.2. The van der Waals surface area contributed by atoms with E-state index >= 15 is 0 Å². The molecule has 0 amide bonds. The van der Waals surface area contributed by atoms with Crippen molar-refractivity contribution in [2.45, 2.75) is 0 Å². The SMILES string of the molecule is N#Cc1c(F)cccc1F.N#Cc1ccc(Cl)cc1Cl. The highest BCUT2D eigenvalue weighted by Gasteiger charge is 2.05. The summed E-state index contributed by atoms with van der Waals surface area (Å²) in [6, 6.07) is 11.4. The van der Waals surface area contributed by atoms with Gasteiger partial charge in [0.05, 0.1) is 10.6 Å². The number of nitriles is 2. The molecule has 0 aliphatic carbocycles. The van der Waals surface area contributed by atoms with Crippen molar-refractivity contribution in [2.75, 3.05) is 0 Å². The normalized spacial score (nSPS) is 8.90. The van der Waals surface area contributed by atoms with Gasteiger partial charge in [0.15, 0.2) is 0 Å². The number of rotatable bonds is 0. The fourth-order valence-electron chi connectivity index (χ4n) is 1.18. The molecule has 2 rings (SSSR count). The molecule has 2 nitrogen and oxygen atoms in total. The van der Waals surface area contributed by atoms with Gasteiger partial charge in [-0.2, -0.15) is 10.5 Å². The highest BCUT2D eigenvalue weighted by Crippen LogP contribution is 2.19. The number of halogens is 4. The molecule has 0 aromatic heterocycles. The first-order chi connectivity index (χ1) is 9.49. The molecule has 2 aromatic carbocycles. The number of hydrogen-bond donors (Lipinski definition) is 0. The monoisotopic (exact) mass is 310 g/mol. The van der Waals surface area contributed by atoms with Crippen LogP contribution in [0.2, 0.25) is 10.0 Å². The van der Waals surface area contributed by atoms with E-state index in [4.69, 9.17) is 33.7 Å². The van der Waals surface area contributed by atoms with Crippen LogP contribution in [0.15, 0.2) is 36.4 Å². The maximum absolute atomic E-state index is 12.4. The summed E-state index contributed by atoms with van der Waals surface area (Å²) in [7, 11) is 0. The minimum Gasteiger partial charge on any atom is -0.205 e. The third-order valence-corrected chi connectivity index (χ3v) is 2.67. The van der Waals surface area contributed by atoms with E-state index in [1.54, 1.807) is 18.2 Å². The Hall–Kier alpha value is -2.14. The zero-order valence-electron chi connectivity index (χ0n) is 9.87. The standard InChI is InChI=1S/C7H3Cl2N.C7H3F2N/c8-6-2-1-5(4-10)7(9)3-6;8-6-2-1-3-7(9)5(6)4-10/h2*1-3H. The van der Waals surface area contributed by atoms with Crippen molar-refractivity contribution in [3.63, 3.8) is 0 Å². The summed E-state index contributed by atoms with van der Waals surface area (Å²) < 4.78 is 24.8. The van der Waals surface area contributed by atoms with Crippen LogP contribution in [0.4, 0.5) is 8.78 Å². The predicted molar refractivity (Wildman–Crippen MR) is 72.3 cm³/mol. The Bertz CT molecular complexity index is 683. The second kappa shape index (κ2) is 7.45. The van der Waals surface area contributed by atoms with Crippen LogP contribution in [0.1, 0.15) is 11.1 Å². The highest BCUT2D eigenvalue weighted by molar-refractivity contribution is 6.35. The van der Waals surface area contributed by atoms with E-state index in [9.17, 15) is 8.78 Å². The van der Waals surface area contributed by atoms with Crippen LogP contribution in [0.25, 0.3) is 0 Å². The molecule has 0 fully saturated rings. The number of hydrogen-bond acceptors (Lipinski definition) is 2. The van der Waals surface area contributed by atoms with Gasteiger partial charge in [-0.3, -0.25) is 0 Å². The summed E-state index contributed by atoms with van der Waals surface area (Å²) in [6.45, 7) is 0. The number of benzene rings is 2. The first kappa shape index (κ1) is 15.9. The molecule has 0 bridgehead atoms. The molecular weight excluding hydrogens is 305 g/mol. The van der Waals surface area contributed by atoms with Crippen LogP contribution in [0.5, 0.6) is 0 Å². The van der Waals surface area contributed by atoms with Gasteiger partial charge in [-0.15, -0.1) is 0 Å². The Labute approximate surface area is 124 Å². The Kier molecular flexibility index (Phi) is 5.93. The topological polar surface area (TPSA) is 47.6 Å². The van der Waals surface area contributed by atoms with Crippen LogP contribution < -0.4 is 0 Å². The van der Waals surface area contributed by atoms with Gasteiger partial charge >= 0.3 is 0 Å². The lowest BCUT2D eigenvalue weighted by Crippen LogP contribution is -1.87. The van der Waals surface area contributed by atoms with Crippen LogP contribution in [-0.2, 0) is 0 Å². The Morgan fingerprint density at radius 2 is 1.50 bits per heavy atom. The van der Waals surface area contributed by atoms with Crippen molar-refractivity contribution in [3.8, 4) is 12.1 Å². The van der Waals surface area contributed by atoms with Crippen LogP contribution in [0, 0.1) is 34.3 Å². The smallest absolute Gasteiger partial charge is 0.143 e. The predicted octanol–water partition coefficient (Wildman–Crippen LogP) is 4.70. The van der Waals surface area contributed by atoms with Crippen molar-refractivity contribution >= 4 is 23.2 Å². The van der Waals surface area contributed by atoms with Crippen molar-refractivity contribution < 1.29 is 8.78 Å². The molecule has 0 radical (unpaired) electrons. The molecule has 0 aliphatic rings. The van der Waals surface area contributed by atoms with Gasteiger partial charge in [0, 0.05) is 5.02 Å². The summed E-state index contributed by atoms with van der Waals surface area (Å²) in [5, 5.41) is 17.5. The molecule has 0 N–H and O–H groups in total. The van der Waals surface area contributed by atoms with E-state index in [1.807, 2.05) is 6.07 Å². The molecule has 0 aliphatic heterocycles. The molecule has 0 heterocycles. The molecule has 0 saturated heterocycles. The average Bonchev–Trinajstić information content (AvgIpc) is 2.40. The molecule has 100 valence electrons. The Balaban J connectivity index is 0.000000200. The fraction of sp³-hybridized carbons (Fsp3) is 0. The summed E-state index contributed by atoms with van der Waals surface area (Å²) >= 11 is 11.2. The molecule has 20 heavy (non-hydrogen) atoms. The summed E-state index contributed by atoms with van der Waals surface area (Å²) in [6.07, 6.45) is 0. The average molecular weight is 311 g/mol. The first-order valence-corrected chi connectivity index (χ1v) is 5.94. The van der Waals surface area contributed by atoms with E-state index in [-0.39, 0.29) is 0 Å². The second-order valence-corrected chi connectivity index (χ2v) is 4.29. The van der Waals surface area contributed by atoms with E-state index in [1.165, 1.54) is 12.1 Å². The lowest BCUT2D eigenvalue weighted by Gasteiger charge is -1.92. The van der Waals surface area contributed by atoms with Gasteiger partial charge in [-0.1, -0.05) is 29.3 Å². The largest absolute Gasteiger partial charge is 0.205 e. The summed E-state index contributed by atoms with van der Waals surface area (Å²) in [4.78, 5) is 0. The van der Waals surface area contributed by atoms with Gasteiger partial charge in [-0.25, -0.2) is 8.78 Å². The van der Waals surface area contributed by atoms with Crippen molar-refractivity contribution in [1.29, 1.82) is 10.5 Å². The van der Waals surface area contributed by atoms with E-state index in [0.29, 0.717) is 15.6 Å². The van der Waals surface area contributed by atoms with Gasteiger partial charge in [0.1, 0.15) is 29.3 Å². The summed E-state index contributed by atoms with van der Waals surface area (Å²) in [5.74, 6) is -1.63. The van der Waals surface area contributed by atoms with Crippen molar-refractivity contribution in [3.05, 3.63) is 69.2 Å². The molecule has 2 aromatic rings. The Morgan fingerprint density at radius 3 is 1.90 bits per heavy atom. The maximum atomic E-state index is 12.4. The van der Waals surface area contributed by atoms with E-state index in [2.05, 4.69) is 0 Å². The highest BCUT2D eigenvalue weighted by atomic mass is 35.5. The van der Waals surface area contributed by atoms with Crippen LogP contribution in [0.3, 0.4) is 0 Å². The van der Waals surface area contributed by atoms with Gasteiger partial charge < -0.3 is 0 Å². The second-order valence-electron chi connectivity index (χ2n) is 3.44. The van der Waals surface area contributed by atoms with E-state index in [0.717, 1.165) is 12.1 Å². The lowest BCUT2D eigenvalue weighted by molar-refractivity contribution is 0.577. The number of nitrogens with zero attached hydrogens (tertiary/aromatic N) is 2. The van der Waals surface area contributed by atoms with Gasteiger partial charge in [0.25, 0.3) is 0 Å². The fourth-order valence-corrected chi connectivity index (χ4v) is 1.64. The minimum atomic E-state index is -0.817. The molecule has 0 spiro atoms. The zero-order valence-corrected chi connectivity index (χ0v) is 11.4. The maximum Gasteiger partial charge on any atom is 0.143 e. The minimum absolute atomic E-state index is 0.398. The first-order valence-electron chi connectivity index (χ1n) is 5.19. The Morgan fingerprint density at radius 1 is 0.900 bits per heavy atom. The van der Waals surface area contributed by atoms with Crippen molar-refractivity contribution in [2.24, 2.45) is 0 Å². The van der Waals surface area contributed by atoms with Crippen molar-refractivity contribution in [1.82, 2.24) is 0 Å². The van der Waals surface area contributed by atoms with Crippen LogP contribution >= 0.6 is 23.2 Å². The van der Waals surface area contributed by atoms with Crippen LogP contribution in [-0.4, -0.2) is 0 Å². The van der Waals surface area contributed by atoms with Gasteiger partial charge in [0.2, 0.25) is 0 Å². The summed E-state index contributed by atoms with van der Waals surface area (Å²) in [5.41, 5.74) is -0.0754. The third-order valence-electron chi connectivity index (χ3n) is 2.13. The third kappa shape index (κ3) is 4.20. The molecule has 0 saturated carbocycles. The zero-order chi connectivity index (χ0) is 15.1. The molecule has 0 unspecified atom stereocenters. The molecule has 0 atom stereocenters. The van der Waals surface area contributed by atoms with E-state index < -0.39 is 17.2 Å². The van der Waals surface area contributed by atoms with Gasteiger partial charge in [-0.05, 0) is 30.3 Å². The molecular formula is C14H6Cl2F2N2. The molecule has 6 heteroatoms. The quantitative estimate of drug-likeness (QED) is 0.708.